The molecule has 0 radical (unpaired) electrons. The Kier molecular flexibility index (Phi) is 31.0. The smallest absolute Gasteiger partial charge is 0.317 e. The third-order valence-electron chi connectivity index (χ3n) is 13.5. The number of carbonyl (C=O) groups is 10. The van der Waals surface area contributed by atoms with E-state index >= 15 is 0 Å². The Morgan fingerprint density at radius 1 is 0.368 bits per heavy atom. The Morgan fingerprint density at radius 2 is 0.671 bits per heavy atom. The Balaban J connectivity index is 1.56. The fraction of sp³-hybridized carbons (Fsp3) is 0.792. The average Bonchev–Trinajstić information content (AvgIpc) is 3.33. The zero-order valence-electron chi connectivity index (χ0n) is 44.0. The molecular formula is C48H84N12O16. The monoisotopic (exact) mass is 1080 g/mol. The summed E-state index contributed by atoms with van der Waals surface area (Å²) in [6, 6.07) is 0.0123. The van der Waals surface area contributed by atoms with Gasteiger partial charge in [0.2, 0.25) is 23.6 Å². The van der Waals surface area contributed by atoms with E-state index < -0.39 is 41.7 Å². The lowest BCUT2D eigenvalue weighted by Gasteiger charge is -2.33. The van der Waals surface area contributed by atoms with Crippen molar-refractivity contribution in [3.05, 3.63) is 0 Å². The standard InChI is InChI=1S/C48H84N12O16/c61-39(29-52-13-17-54(32-43(65)66)21-25-58(36-47(73)74)26-22-55(18-14-52)33-44(67)68)49-10-6-2-5-9-42(64)60(31-41(63)51-38-7-3-1-4-8-38)12-11-50-40(62)30-53-15-19-56(34-45(69)70)23-27-59(37-48(75)76)28-24-57(20-16-53)35-46(71)72/h38H,1-37H2,(H,49,61)(H,50,62)(H,51,63)(H,65,66)(H,67,68)(H,69,70)(H,71,72)(H,73,74)(H,75,76). The van der Waals surface area contributed by atoms with Crippen molar-refractivity contribution < 1.29 is 78.6 Å². The fourth-order valence-corrected chi connectivity index (χ4v) is 9.37. The molecule has 432 valence electrons. The van der Waals surface area contributed by atoms with Gasteiger partial charge >= 0.3 is 35.8 Å². The second kappa shape index (κ2) is 36.4. The molecule has 2 saturated heterocycles. The molecule has 3 fully saturated rings. The molecule has 0 aromatic carbocycles. The van der Waals surface area contributed by atoms with E-state index in [1.165, 1.54) is 4.90 Å². The van der Waals surface area contributed by atoms with Gasteiger partial charge in [0.25, 0.3) is 0 Å². The SMILES string of the molecule is O=C(O)CN1CCN(CC(=O)O)CCN(CC(=O)NCCCCCC(=O)N(CCNC(=O)CN2CCN(CC(=O)O)CCN(CC(=O)O)CCN(CC(=O)O)CC2)CC(=O)NC2CCCCC2)CCN(CC(=O)O)CC1. The lowest BCUT2D eigenvalue weighted by Crippen LogP contribution is -2.50. The van der Waals surface area contributed by atoms with Crippen molar-refractivity contribution >= 4 is 59.4 Å². The molecular weight excluding hydrogens is 1000 g/mol. The van der Waals surface area contributed by atoms with Gasteiger partial charge in [0.15, 0.2) is 0 Å². The van der Waals surface area contributed by atoms with Gasteiger partial charge in [-0.2, -0.15) is 0 Å². The zero-order valence-corrected chi connectivity index (χ0v) is 44.0. The van der Waals surface area contributed by atoms with Crippen LogP contribution < -0.4 is 16.0 Å². The van der Waals surface area contributed by atoms with Crippen molar-refractivity contribution in [3.63, 3.8) is 0 Å². The molecule has 1 aliphatic carbocycles. The van der Waals surface area contributed by atoms with Gasteiger partial charge in [-0.25, -0.2) is 0 Å². The summed E-state index contributed by atoms with van der Waals surface area (Å²) in [6.07, 6.45) is 6.41. The molecule has 2 heterocycles. The van der Waals surface area contributed by atoms with Crippen LogP contribution >= 0.6 is 0 Å². The molecule has 0 aromatic rings. The van der Waals surface area contributed by atoms with E-state index in [0.717, 1.165) is 32.1 Å². The van der Waals surface area contributed by atoms with Gasteiger partial charge in [-0.3, -0.25) is 87.1 Å². The van der Waals surface area contributed by atoms with Crippen LogP contribution in [0.25, 0.3) is 0 Å². The summed E-state index contributed by atoms with van der Waals surface area (Å²) in [5.41, 5.74) is 0. The van der Waals surface area contributed by atoms with Crippen LogP contribution in [0.5, 0.6) is 0 Å². The lowest BCUT2D eigenvalue weighted by molar-refractivity contribution is -0.140. The maximum absolute atomic E-state index is 13.7. The minimum atomic E-state index is -1.07. The molecule has 0 spiro atoms. The number of carboxylic acid groups (broad SMARTS) is 6. The highest BCUT2D eigenvalue weighted by Gasteiger charge is 2.25. The Morgan fingerprint density at radius 3 is 0.987 bits per heavy atom. The van der Waals surface area contributed by atoms with E-state index in [2.05, 4.69) is 16.0 Å². The number of rotatable bonds is 28. The van der Waals surface area contributed by atoms with E-state index in [1.807, 2.05) is 4.90 Å². The topological polar surface area (TPSA) is 357 Å². The number of carbonyl (C=O) groups excluding carboxylic acids is 4. The van der Waals surface area contributed by atoms with Gasteiger partial charge in [-0.1, -0.05) is 25.7 Å². The van der Waals surface area contributed by atoms with Gasteiger partial charge in [0.1, 0.15) is 0 Å². The van der Waals surface area contributed by atoms with Crippen LogP contribution in [0, 0.1) is 0 Å². The number of nitrogens with zero attached hydrogens (tertiary/aromatic N) is 9. The predicted molar refractivity (Wildman–Crippen MR) is 273 cm³/mol. The molecule has 0 bridgehead atoms. The fourth-order valence-electron chi connectivity index (χ4n) is 9.37. The molecule has 1 saturated carbocycles. The molecule has 3 aliphatic rings. The van der Waals surface area contributed by atoms with Gasteiger partial charge in [-0.15, -0.1) is 0 Å². The minimum absolute atomic E-state index is 0.0123. The van der Waals surface area contributed by atoms with Crippen LogP contribution in [0.3, 0.4) is 0 Å². The molecule has 3 rings (SSSR count). The summed E-state index contributed by atoms with van der Waals surface area (Å²) < 4.78 is 0. The van der Waals surface area contributed by atoms with Gasteiger partial charge in [0, 0.05) is 137 Å². The van der Waals surface area contributed by atoms with Crippen LogP contribution in [0.1, 0.15) is 57.8 Å². The quantitative estimate of drug-likeness (QED) is 0.0337. The van der Waals surface area contributed by atoms with Gasteiger partial charge in [-0.05, 0) is 25.7 Å². The molecule has 2 aliphatic heterocycles. The normalized spacial score (nSPS) is 18.9. The summed E-state index contributed by atoms with van der Waals surface area (Å²) in [4.78, 5) is 138. The number of hydrogen-bond donors (Lipinski definition) is 9. The highest BCUT2D eigenvalue weighted by Crippen LogP contribution is 2.17. The van der Waals surface area contributed by atoms with Crippen molar-refractivity contribution in [3.8, 4) is 0 Å². The second-order valence-corrected chi connectivity index (χ2v) is 19.8. The van der Waals surface area contributed by atoms with Crippen LogP contribution in [-0.4, -0.2) is 323 Å². The molecule has 4 amide bonds. The summed E-state index contributed by atoms with van der Waals surface area (Å²) in [7, 11) is 0. The number of carboxylic acids is 6. The Hall–Kier alpha value is -5.62. The molecule has 76 heavy (non-hydrogen) atoms. The van der Waals surface area contributed by atoms with Crippen LogP contribution in [0.4, 0.5) is 0 Å². The van der Waals surface area contributed by atoms with E-state index in [0.29, 0.717) is 38.9 Å². The first-order chi connectivity index (χ1) is 36.2. The lowest BCUT2D eigenvalue weighted by atomic mass is 9.95. The zero-order chi connectivity index (χ0) is 55.8. The van der Waals surface area contributed by atoms with Crippen LogP contribution in [0.2, 0.25) is 0 Å². The molecule has 28 heteroatoms. The maximum Gasteiger partial charge on any atom is 0.317 e. The molecule has 0 atom stereocenters. The first-order valence-corrected chi connectivity index (χ1v) is 26.4. The average molecular weight is 1090 g/mol. The van der Waals surface area contributed by atoms with Gasteiger partial charge in [0.05, 0.1) is 58.9 Å². The molecule has 28 nitrogen and oxygen atoms in total. The minimum Gasteiger partial charge on any atom is -0.480 e. The van der Waals surface area contributed by atoms with Crippen molar-refractivity contribution in [1.29, 1.82) is 0 Å². The summed E-state index contributed by atoms with van der Waals surface area (Å²) in [5, 5.41) is 65.8. The van der Waals surface area contributed by atoms with Crippen LogP contribution in [-0.2, 0) is 47.9 Å². The highest BCUT2D eigenvalue weighted by molar-refractivity contribution is 5.85. The molecule has 0 unspecified atom stereocenters. The number of hydrogen-bond acceptors (Lipinski definition) is 18. The first kappa shape index (κ1) is 64.7. The van der Waals surface area contributed by atoms with E-state index in [4.69, 9.17) is 0 Å². The number of amides is 4. The first-order valence-electron chi connectivity index (χ1n) is 26.4. The maximum atomic E-state index is 13.7. The van der Waals surface area contributed by atoms with Crippen molar-refractivity contribution in [2.75, 3.05) is 183 Å². The highest BCUT2D eigenvalue weighted by atomic mass is 16.4. The third kappa shape index (κ3) is 30.2. The number of unbranched alkanes of at least 4 members (excludes halogenated alkanes) is 2. The van der Waals surface area contributed by atoms with Crippen molar-refractivity contribution in [1.82, 2.24) is 60.0 Å². The molecule has 0 aromatic heterocycles. The van der Waals surface area contributed by atoms with Crippen molar-refractivity contribution in [2.24, 2.45) is 0 Å². The third-order valence-corrected chi connectivity index (χ3v) is 13.5. The molecule has 9 N–H and O–H groups in total. The Bertz CT molecular complexity index is 1820. The van der Waals surface area contributed by atoms with E-state index in [9.17, 15) is 78.6 Å². The largest absolute Gasteiger partial charge is 0.480 e. The Labute approximate surface area is 444 Å². The van der Waals surface area contributed by atoms with Gasteiger partial charge < -0.3 is 51.5 Å². The summed E-state index contributed by atoms with van der Waals surface area (Å²) in [5.74, 6) is -7.66. The number of nitrogens with one attached hydrogen (secondary N) is 3. The summed E-state index contributed by atoms with van der Waals surface area (Å²) >= 11 is 0. The summed E-state index contributed by atoms with van der Waals surface area (Å²) in [6.45, 7) is 2.24. The number of aliphatic carboxylic acids is 6. The predicted octanol–water partition coefficient (Wildman–Crippen LogP) is -3.99. The van der Waals surface area contributed by atoms with E-state index in [1.54, 1.807) is 34.3 Å². The van der Waals surface area contributed by atoms with Crippen LogP contribution in [0.15, 0.2) is 0 Å². The van der Waals surface area contributed by atoms with Crippen molar-refractivity contribution in [2.45, 2.75) is 63.8 Å². The second-order valence-electron chi connectivity index (χ2n) is 19.8. The van der Waals surface area contributed by atoms with E-state index in [-0.39, 0.29) is 194 Å².